The fourth-order valence-electron chi connectivity index (χ4n) is 4.68. The number of aromatic amines is 1. The van der Waals surface area contributed by atoms with Crippen molar-refractivity contribution < 1.29 is 24.3 Å². The zero-order chi connectivity index (χ0) is 23.4. The molecule has 2 saturated heterocycles. The number of nitrogens with one attached hydrogen (secondary N) is 4. The van der Waals surface area contributed by atoms with Gasteiger partial charge in [-0.05, 0) is 43.9 Å². The number of aliphatic carboxylic acids is 1. The van der Waals surface area contributed by atoms with Gasteiger partial charge >= 0.3 is 5.97 Å². The van der Waals surface area contributed by atoms with Crippen LogP contribution in [0.25, 0.3) is 10.9 Å². The lowest BCUT2D eigenvalue weighted by molar-refractivity contribution is -0.142. The normalized spacial score (nSPS) is 21.2. The predicted molar refractivity (Wildman–Crippen MR) is 120 cm³/mol. The second-order valence-electron chi connectivity index (χ2n) is 8.57. The van der Waals surface area contributed by atoms with Gasteiger partial charge in [0.2, 0.25) is 17.7 Å². The molecule has 2 aliphatic rings. The van der Waals surface area contributed by atoms with Crippen LogP contribution < -0.4 is 16.0 Å². The van der Waals surface area contributed by atoms with Gasteiger partial charge in [0.15, 0.2) is 0 Å². The molecule has 10 heteroatoms. The van der Waals surface area contributed by atoms with Crippen molar-refractivity contribution >= 4 is 34.6 Å². The quantitative estimate of drug-likeness (QED) is 0.383. The van der Waals surface area contributed by atoms with Gasteiger partial charge in [-0.1, -0.05) is 18.2 Å². The maximum absolute atomic E-state index is 13.6. The summed E-state index contributed by atoms with van der Waals surface area (Å²) in [5, 5.41) is 18.3. The summed E-state index contributed by atoms with van der Waals surface area (Å²) in [6, 6.07) is 5.82. The van der Waals surface area contributed by atoms with Gasteiger partial charge in [-0.25, -0.2) is 0 Å². The molecule has 33 heavy (non-hydrogen) atoms. The summed E-state index contributed by atoms with van der Waals surface area (Å²) in [5.74, 6) is -2.19. The van der Waals surface area contributed by atoms with Crippen LogP contribution in [0.2, 0.25) is 0 Å². The summed E-state index contributed by atoms with van der Waals surface area (Å²) in [6.07, 6.45) is 4.82. The van der Waals surface area contributed by atoms with Crippen molar-refractivity contribution in [2.24, 2.45) is 0 Å². The highest BCUT2D eigenvalue weighted by Gasteiger charge is 2.38. The van der Waals surface area contributed by atoms with Crippen molar-refractivity contribution in [3.05, 3.63) is 36.0 Å². The molecular formula is C23H29N5O5. The maximum Gasteiger partial charge on any atom is 0.322 e. The number of H-pyrrole nitrogens is 1. The Kier molecular flexibility index (Phi) is 6.93. The molecule has 3 amide bonds. The molecule has 2 aliphatic heterocycles. The van der Waals surface area contributed by atoms with Crippen LogP contribution in [0.1, 0.15) is 31.2 Å². The van der Waals surface area contributed by atoms with Crippen LogP contribution in [0, 0.1) is 0 Å². The van der Waals surface area contributed by atoms with E-state index in [1.54, 1.807) is 0 Å². The Hall–Kier alpha value is -3.40. The first-order chi connectivity index (χ1) is 15.9. The molecule has 0 spiro atoms. The van der Waals surface area contributed by atoms with Crippen LogP contribution in [-0.2, 0) is 25.6 Å². The molecule has 3 unspecified atom stereocenters. The van der Waals surface area contributed by atoms with E-state index in [2.05, 4.69) is 20.9 Å². The number of carboxylic acids is 1. The molecule has 1 aromatic heterocycles. The van der Waals surface area contributed by atoms with Crippen molar-refractivity contribution in [2.75, 3.05) is 19.6 Å². The molecule has 0 aliphatic carbocycles. The molecule has 4 rings (SSSR count). The fourth-order valence-corrected chi connectivity index (χ4v) is 4.68. The average Bonchev–Trinajstić information content (AvgIpc) is 3.57. The fraction of sp³-hybridized carbons (Fsp3) is 0.478. The molecule has 3 atom stereocenters. The molecule has 0 radical (unpaired) electrons. The minimum Gasteiger partial charge on any atom is -0.480 e. The second kappa shape index (κ2) is 10.0. The number of para-hydroxylation sites is 1. The number of benzene rings is 1. The monoisotopic (exact) mass is 455 g/mol. The number of amides is 3. The topological polar surface area (TPSA) is 144 Å². The SMILES string of the molecule is O=C(O)CNC(=O)C1CCCN1C(=O)C(Cc1c[nH]c2ccccc12)NC(=O)C1CCCN1. The third-order valence-corrected chi connectivity index (χ3v) is 6.34. The number of nitrogens with zero attached hydrogens (tertiary/aromatic N) is 1. The Morgan fingerprint density at radius 1 is 1.12 bits per heavy atom. The number of carbonyl (C=O) groups excluding carboxylic acids is 3. The Balaban J connectivity index is 1.54. The van der Waals surface area contributed by atoms with Gasteiger partial charge in [-0.15, -0.1) is 0 Å². The number of carbonyl (C=O) groups is 4. The van der Waals surface area contributed by atoms with Gasteiger partial charge in [0, 0.05) is 30.1 Å². The lowest BCUT2D eigenvalue weighted by atomic mass is 10.0. The van der Waals surface area contributed by atoms with E-state index in [4.69, 9.17) is 5.11 Å². The molecule has 3 heterocycles. The van der Waals surface area contributed by atoms with Crippen LogP contribution in [0.15, 0.2) is 30.5 Å². The number of rotatable bonds is 8. The van der Waals surface area contributed by atoms with E-state index in [0.29, 0.717) is 25.8 Å². The Morgan fingerprint density at radius 2 is 1.94 bits per heavy atom. The van der Waals surface area contributed by atoms with Crippen LogP contribution in [0.4, 0.5) is 0 Å². The molecule has 0 saturated carbocycles. The first-order valence-corrected chi connectivity index (χ1v) is 11.3. The van der Waals surface area contributed by atoms with Crippen LogP contribution in [-0.4, -0.2) is 76.4 Å². The Bertz CT molecular complexity index is 1040. The number of likely N-dealkylation sites (tertiary alicyclic amines) is 1. The minimum absolute atomic E-state index is 0.225. The van der Waals surface area contributed by atoms with E-state index < -0.39 is 30.5 Å². The maximum atomic E-state index is 13.6. The highest BCUT2D eigenvalue weighted by Crippen LogP contribution is 2.23. The third-order valence-electron chi connectivity index (χ3n) is 6.34. The van der Waals surface area contributed by atoms with Crippen molar-refractivity contribution in [3.8, 4) is 0 Å². The molecule has 2 fully saturated rings. The van der Waals surface area contributed by atoms with E-state index in [0.717, 1.165) is 29.4 Å². The zero-order valence-electron chi connectivity index (χ0n) is 18.3. The van der Waals surface area contributed by atoms with E-state index >= 15 is 0 Å². The van der Waals surface area contributed by atoms with Crippen molar-refractivity contribution in [2.45, 2.75) is 50.2 Å². The summed E-state index contributed by atoms with van der Waals surface area (Å²) >= 11 is 0. The number of carboxylic acid groups (broad SMARTS) is 1. The van der Waals surface area contributed by atoms with Gasteiger partial charge in [0.05, 0.1) is 6.04 Å². The molecule has 0 bridgehead atoms. The van der Waals surface area contributed by atoms with Crippen molar-refractivity contribution in [3.63, 3.8) is 0 Å². The largest absolute Gasteiger partial charge is 0.480 e. The van der Waals surface area contributed by atoms with Crippen molar-refractivity contribution in [1.82, 2.24) is 25.8 Å². The van der Waals surface area contributed by atoms with E-state index in [9.17, 15) is 19.2 Å². The second-order valence-corrected chi connectivity index (χ2v) is 8.57. The number of hydrogen-bond acceptors (Lipinski definition) is 5. The summed E-state index contributed by atoms with van der Waals surface area (Å²) in [7, 11) is 0. The molecule has 176 valence electrons. The Morgan fingerprint density at radius 3 is 2.70 bits per heavy atom. The van der Waals surface area contributed by atoms with E-state index in [1.165, 1.54) is 4.90 Å². The van der Waals surface area contributed by atoms with E-state index in [1.807, 2.05) is 30.5 Å². The van der Waals surface area contributed by atoms with Gasteiger partial charge in [-0.3, -0.25) is 19.2 Å². The number of fused-ring (bicyclic) bond motifs is 1. The van der Waals surface area contributed by atoms with Crippen molar-refractivity contribution in [1.29, 1.82) is 0 Å². The number of aromatic nitrogens is 1. The third kappa shape index (κ3) is 5.16. The molecule has 10 nitrogen and oxygen atoms in total. The zero-order valence-corrected chi connectivity index (χ0v) is 18.3. The smallest absolute Gasteiger partial charge is 0.322 e. The first-order valence-electron chi connectivity index (χ1n) is 11.3. The summed E-state index contributed by atoms with van der Waals surface area (Å²) in [5.41, 5.74) is 1.84. The average molecular weight is 456 g/mol. The highest BCUT2D eigenvalue weighted by atomic mass is 16.4. The summed E-state index contributed by atoms with van der Waals surface area (Å²) < 4.78 is 0. The van der Waals surface area contributed by atoms with Gasteiger partial charge in [0.25, 0.3) is 0 Å². The number of hydrogen-bond donors (Lipinski definition) is 5. The van der Waals surface area contributed by atoms with Crippen LogP contribution in [0.3, 0.4) is 0 Å². The lowest BCUT2D eigenvalue weighted by Gasteiger charge is -2.29. The molecular weight excluding hydrogens is 426 g/mol. The van der Waals surface area contributed by atoms with Gasteiger partial charge in [0.1, 0.15) is 18.6 Å². The summed E-state index contributed by atoms with van der Waals surface area (Å²) in [4.78, 5) is 54.5. The van der Waals surface area contributed by atoms with Gasteiger partial charge in [-0.2, -0.15) is 0 Å². The Labute approximate surface area is 191 Å². The molecule has 5 N–H and O–H groups in total. The highest BCUT2D eigenvalue weighted by molar-refractivity contribution is 5.95. The van der Waals surface area contributed by atoms with Gasteiger partial charge < -0.3 is 30.9 Å². The molecule has 1 aromatic carbocycles. The molecule has 2 aromatic rings. The predicted octanol–water partition coefficient (Wildman–Crippen LogP) is 0.139. The summed E-state index contributed by atoms with van der Waals surface area (Å²) in [6.45, 7) is 0.642. The van der Waals surface area contributed by atoms with E-state index in [-0.39, 0.29) is 24.3 Å². The standard InChI is InChI=1S/C23H29N5O5/c29-20(30)13-26-22(32)19-8-4-10-28(19)23(33)18(27-21(31)17-7-3-9-24-17)11-14-12-25-16-6-2-1-5-15(14)16/h1-2,5-6,12,17-19,24-25H,3-4,7-11,13H2,(H,26,32)(H,27,31)(H,29,30). The lowest BCUT2D eigenvalue weighted by Crippen LogP contribution is -2.56. The van der Waals surface area contributed by atoms with Crippen LogP contribution >= 0.6 is 0 Å². The van der Waals surface area contributed by atoms with Crippen LogP contribution in [0.5, 0.6) is 0 Å². The minimum atomic E-state index is -1.15. The first kappa shape index (κ1) is 22.8.